The third-order valence-electron chi connectivity index (χ3n) is 6.51. The highest BCUT2D eigenvalue weighted by molar-refractivity contribution is 6.32. The molecule has 0 saturated carbocycles. The second-order valence-corrected chi connectivity index (χ2v) is 9.56. The molecule has 0 radical (unpaired) electrons. The third kappa shape index (κ3) is 5.18. The van der Waals surface area contributed by atoms with Crippen molar-refractivity contribution in [2.75, 3.05) is 31.8 Å². The molecule has 13 heteroatoms. The monoisotopic (exact) mass is 540 g/mol. The summed E-state index contributed by atoms with van der Waals surface area (Å²) in [5.41, 5.74) is 1.62. The molecule has 3 aliphatic heterocycles. The first-order chi connectivity index (χ1) is 18.5. The van der Waals surface area contributed by atoms with Gasteiger partial charge in [0.05, 0.1) is 43.1 Å². The van der Waals surface area contributed by atoms with Crippen LogP contribution in [-0.2, 0) is 17.9 Å². The molecule has 4 bridgehead atoms. The van der Waals surface area contributed by atoms with Crippen molar-refractivity contribution in [2.45, 2.75) is 31.7 Å². The van der Waals surface area contributed by atoms with Crippen molar-refractivity contribution < 1.29 is 28.5 Å². The minimum Gasteiger partial charge on any atom is -0.492 e. The van der Waals surface area contributed by atoms with E-state index >= 15 is 0 Å². The van der Waals surface area contributed by atoms with Gasteiger partial charge in [0, 0.05) is 36.8 Å². The first-order valence-corrected chi connectivity index (χ1v) is 12.6. The lowest BCUT2D eigenvalue weighted by Gasteiger charge is -2.20. The Labute approximate surface area is 222 Å². The lowest BCUT2D eigenvalue weighted by atomic mass is 10.1. The van der Waals surface area contributed by atoms with E-state index in [1.54, 1.807) is 46.0 Å². The van der Waals surface area contributed by atoms with E-state index in [0.717, 1.165) is 0 Å². The molecule has 12 nitrogen and oxygen atoms in total. The number of hydrogen-bond acceptors (Lipinski definition) is 8. The quantitative estimate of drug-likeness (QED) is 0.482. The number of likely N-dealkylation sites (tertiary alicyclic amines) is 1. The van der Waals surface area contributed by atoms with Crippen LogP contribution in [0.15, 0.2) is 42.6 Å². The van der Waals surface area contributed by atoms with Gasteiger partial charge in [-0.3, -0.25) is 9.48 Å². The molecular formula is C25H25ClN6O6. The van der Waals surface area contributed by atoms with Crippen LogP contribution >= 0.6 is 11.6 Å². The Morgan fingerprint density at radius 1 is 1.08 bits per heavy atom. The highest BCUT2D eigenvalue weighted by Crippen LogP contribution is 2.34. The molecule has 1 fully saturated rings. The van der Waals surface area contributed by atoms with Gasteiger partial charge in [-0.1, -0.05) is 16.8 Å². The summed E-state index contributed by atoms with van der Waals surface area (Å²) in [7, 11) is 0. The number of aromatic nitrogens is 3. The molecule has 6 rings (SSSR count). The molecule has 0 spiro atoms. The van der Waals surface area contributed by atoms with Gasteiger partial charge in [-0.05, 0) is 30.3 Å². The predicted octanol–water partition coefficient (Wildman–Crippen LogP) is 2.67. The number of nitrogens with zero attached hydrogens (tertiary/aromatic N) is 4. The zero-order valence-electron chi connectivity index (χ0n) is 20.3. The number of carbonyl (C=O) groups is 2. The Morgan fingerprint density at radius 3 is 2.89 bits per heavy atom. The molecule has 0 aliphatic carbocycles. The molecule has 198 valence electrons. The highest BCUT2D eigenvalue weighted by Gasteiger charge is 2.37. The summed E-state index contributed by atoms with van der Waals surface area (Å²) in [4.78, 5) is 27.9. The molecule has 3 amide bonds. The summed E-state index contributed by atoms with van der Waals surface area (Å²) in [6.45, 7) is 1.85. The minimum absolute atomic E-state index is 0.147. The fourth-order valence-corrected chi connectivity index (χ4v) is 4.72. The lowest BCUT2D eigenvalue weighted by molar-refractivity contribution is 0.0312. The van der Waals surface area contributed by atoms with E-state index in [1.807, 2.05) is 6.20 Å². The first kappa shape index (κ1) is 24.3. The van der Waals surface area contributed by atoms with Crippen LogP contribution in [0.2, 0.25) is 5.02 Å². The largest absolute Gasteiger partial charge is 0.492 e. The molecule has 1 saturated heterocycles. The molecule has 4 heterocycles. The molecule has 38 heavy (non-hydrogen) atoms. The van der Waals surface area contributed by atoms with Gasteiger partial charge in [-0.25, -0.2) is 4.79 Å². The number of aryl methyl sites for hydroxylation is 1. The maximum absolute atomic E-state index is 13.2. The van der Waals surface area contributed by atoms with E-state index in [1.165, 1.54) is 0 Å². The first-order valence-electron chi connectivity index (χ1n) is 12.2. The van der Waals surface area contributed by atoms with Crippen LogP contribution in [-0.4, -0.2) is 70.5 Å². The normalized spacial score (nSPS) is 20.9. The van der Waals surface area contributed by atoms with Gasteiger partial charge in [0.25, 0.3) is 5.91 Å². The Kier molecular flexibility index (Phi) is 6.64. The van der Waals surface area contributed by atoms with E-state index in [4.69, 9.17) is 30.5 Å². The number of rotatable bonds is 1. The summed E-state index contributed by atoms with van der Waals surface area (Å²) < 4.78 is 24.4. The highest BCUT2D eigenvalue weighted by atomic mass is 35.5. The van der Waals surface area contributed by atoms with Crippen molar-refractivity contribution in [3.05, 3.63) is 58.9 Å². The van der Waals surface area contributed by atoms with E-state index < -0.39 is 12.1 Å². The number of carbonyl (C=O) groups excluding carboxylic acids is 2. The van der Waals surface area contributed by atoms with Crippen LogP contribution in [0.3, 0.4) is 0 Å². The van der Waals surface area contributed by atoms with Gasteiger partial charge in [0.15, 0.2) is 11.5 Å². The van der Waals surface area contributed by atoms with Gasteiger partial charge in [0.2, 0.25) is 6.79 Å². The van der Waals surface area contributed by atoms with Gasteiger partial charge in [0.1, 0.15) is 11.4 Å². The second-order valence-electron chi connectivity index (χ2n) is 9.15. The van der Waals surface area contributed by atoms with Crippen LogP contribution in [0.5, 0.6) is 17.2 Å². The third-order valence-corrected chi connectivity index (χ3v) is 6.82. The fraction of sp³-hybridized carbons (Fsp3) is 0.360. The number of nitrogens with one attached hydrogen (secondary N) is 2. The zero-order valence-corrected chi connectivity index (χ0v) is 21.0. The number of anilines is 1. The summed E-state index contributed by atoms with van der Waals surface area (Å²) in [6.07, 6.45) is 2.02. The number of halogens is 1. The van der Waals surface area contributed by atoms with Crippen LogP contribution in [0.25, 0.3) is 0 Å². The number of hydrogen-bond donors (Lipinski definition) is 2. The zero-order chi connectivity index (χ0) is 26.1. The summed E-state index contributed by atoms with van der Waals surface area (Å²) >= 11 is 6.28. The van der Waals surface area contributed by atoms with Crippen molar-refractivity contribution in [1.82, 2.24) is 25.2 Å². The fourth-order valence-electron chi connectivity index (χ4n) is 4.55. The molecular weight excluding hydrogens is 516 g/mol. The number of benzene rings is 2. The predicted molar refractivity (Wildman–Crippen MR) is 135 cm³/mol. The van der Waals surface area contributed by atoms with E-state index in [-0.39, 0.29) is 38.4 Å². The average Bonchev–Trinajstić information content (AvgIpc) is 3.65. The van der Waals surface area contributed by atoms with Crippen molar-refractivity contribution in [1.29, 1.82) is 0 Å². The lowest BCUT2D eigenvalue weighted by Crippen LogP contribution is -2.44. The molecule has 3 aliphatic rings. The number of fused-ring (bicyclic) bond motifs is 6. The van der Waals surface area contributed by atoms with Crippen LogP contribution < -0.4 is 24.8 Å². The van der Waals surface area contributed by atoms with Crippen molar-refractivity contribution >= 4 is 29.2 Å². The van der Waals surface area contributed by atoms with Gasteiger partial charge >= 0.3 is 6.03 Å². The van der Waals surface area contributed by atoms with Gasteiger partial charge in [-0.2, -0.15) is 0 Å². The van der Waals surface area contributed by atoms with Gasteiger partial charge in [-0.15, -0.1) is 5.10 Å². The van der Waals surface area contributed by atoms with Crippen LogP contribution in [0, 0.1) is 0 Å². The summed E-state index contributed by atoms with van der Waals surface area (Å²) in [5.74, 6) is 1.30. The van der Waals surface area contributed by atoms with Gasteiger partial charge < -0.3 is 34.5 Å². The maximum Gasteiger partial charge on any atom is 0.322 e. The second kappa shape index (κ2) is 10.4. The number of ether oxygens (including phenoxy) is 4. The van der Waals surface area contributed by atoms with E-state index in [0.29, 0.717) is 58.8 Å². The Bertz CT molecular complexity index is 1370. The Hall–Kier alpha value is -4.03. The molecule has 2 aromatic carbocycles. The minimum atomic E-state index is -0.470. The standard InChI is InChI=1S/C25H25ClN6O6/c26-18-4-2-15-8-21(18)35-7-1-6-32-10-17(29-30-32)13-36-23-12-31(11-19(23)28-24(15)33)25(34)27-16-3-5-20-22(9-16)38-14-37-20/h2-5,8-10,19,23H,1,6-7,11-14H2,(H,27,34)(H,28,33)/t19-,23-/m0/s1. The molecule has 0 unspecified atom stereocenters. The maximum atomic E-state index is 13.2. The smallest absolute Gasteiger partial charge is 0.322 e. The Balaban J connectivity index is 1.21. The molecule has 1 aromatic heterocycles. The molecule has 2 N–H and O–H groups in total. The molecule has 2 atom stereocenters. The Morgan fingerprint density at radius 2 is 1.97 bits per heavy atom. The van der Waals surface area contributed by atoms with E-state index in [9.17, 15) is 9.59 Å². The van der Waals surface area contributed by atoms with E-state index in [2.05, 4.69) is 20.9 Å². The average molecular weight is 541 g/mol. The van der Waals surface area contributed by atoms with Crippen molar-refractivity contribution in [3.8, 4) is 17.2 Å². The topological polar surface area (TPSA) is 129 Å². The summed E-state index contributed by atoms with van der Waals surface area (Å²) in [5, 5.41) is 14.6. The molecule has 3 aromatic rings. The summed E-state index contributed by atoms with van der Waals surface area (Å²) in [6, 6.07) is 9.28. The van der Waals surface area contributed by atoms with Crippen molar-refractivity contribution in [2.24, 2.45) is 0 Å². The SMILES string of the molecule is O=C1N[C@H]2CN(C(=O)Nc3ccc4c(c3)OCO4)C[C@@H]2OCc2cn(nn2)CCCOc2cc1ccc2Cl. The van der Waals surface area contributed by atoms with Crippen molar-refractivity contribution in [3.63, 3.8) is 0 Å². The number of urea groups is 1. The van der Waals surface area contributed by atoms with Crippen LogP contribution in [0.4, 0.5) is 10.5 Å². The van der Waals surface area contributed by atoms with Crippen LogP contribution in [0.1, 0.15) is 22.5 Å². The number of amides is 3.